The number of carbonyl (C=O) groups is 2. The van der Waals surface area contributed by atoms with E-state index in [4.69, 9.17) is 5.26 Å². The van der Waals surface area contributed by atoms with Crippen LogP contribution in [-0.2, 0) is 4.79 Å². The molecule has 0 bridgehead atoms. The van der Waals surface area contributed by atoms with Crippen molar-refractivity contribution in [3.63, 3.8) is 0 Å². The average Bonchev–Trinajstić information content (AvgIpc) is 2.94. The number of aromatic nitrogens is 1. The second-order valence-corrected chi connectivity index (χ2v) is 5.27. The summed E-state index contributed by atoms with van der Waals surface area (Å²) in [4.78, 5) is 28.0. The number of thiazole rings is 1. The molecule has 2 aromatic rings. The summed E-state index contributed by atoms with van der Waals surface area (Å²) in [5.41, 5.74) is 2.18. The Morgan fingerprint density at radius 1 is 1.33 bits per heavy atom. The fraction of sp³-hybridized carbons (Fsp3) is 0.200. The SMILES string of the molecule is CNC(=O)[C@H](C#N)C(=O)c1ccc(-c2nc(C)cs2)cc1. The largest absolute Gasteiger partial charge is 0.358 e. The first kappa shape index (κ1) is 14.9. The lowest BCUT2D eigenvalue weighted by Gasteiger charge is -2.07. The van der Waals surface area contributed by atoms with Crippen molar-refractivity contribution in [3.8, 4) is 16.6 Å². The molecule has 0 aliphatic carbocycles. The molecule has 2 rings (SSSR count). The van der Waals surface area contributed by atoms with E-state index < -0.39 is 17.6 Å². The van der Waals surface area contributed by atoms with E-state index in [2.05, 4.69) is 10.3 Å². The molecule has 0 spiro atoms. The summed E-state index contributed by atoms with van der Waals surface area (Å²) in [6.07, 6.45) is 0. The lowest BCUT2D eigenvalue weighted by molar-refractivity contribution is -0.121. The van der Waals surface area contributed by atoms with Crippen molar-refractivity contribution in [3.05, 3.63) is 40.9 Å². The Bertz CT molecular complexity index is 713. The molecule has 1 aromatic heterocycles. The molecule has 0 aliphatic rings. The quantitative estimate of drug-likeness (QED) is 0.693. The number of aryl methyl sites for hydroxylation is 1. The van der Waals surface area contributed by atoms with Gasteiger partial charge >= 0.3 is 0 Å². The summed E-state index contributed by atoms with van der Waals surface area (Å²) in [6.45, 7) is 1.92. The van der Waals surface area contributed by atoms with Gasteiger partial charge in [0, 0.05) is 29.2 Å². The Hall–Kier alpha value is -2.52. The molecule has 1 heterocycles. The number of hydrogen-bond donors (Lipinski definition) is 1. The minimum atomic E-state index is -1.32. The maximum absolute atomic E-state index is 12.1. The second kappa shape index (κ2) is 6.29. The zero-order valence-electron chi connectivity index (χ0n) is 11.6. The topological polar surface area (TPSA) is 82.9 Å². The van der Waals surface area contributed by atoms with Gasteiger partial charge in [0.05, 0.1) is 6.07 Å². The van der Waals surface area contributed by atoms with E-state index in [1.54, 1.807) is 30.3 Å². The van der Waals surface area contributed by atoms with Crippen molar-refractivity contribution in [1.82, 2.24) is 10.3 Å². The standard InChI is InChI=1S/C15H13N3O2S/c1-9-8-21-15(18-9)11-5-3-10(4-6-11)13(19)12(7-16)14(20)17-2/h3-6,8,12H,1-2H3,(H,17,20)/t12-/m1/s1. The molecule has 1 N–H and O–H groups in total. The molecule has 1 atom stereocenters. The molecule has 1 aromatic carbocycles. The number of amides is 1. The van der Waals surface area contributed by atoms with Crippen molar-refractivity contribution in [2.24, 2.45) is 5.92 Å². The van der Waals surface area contributed by atoms with E-state index in [1.807, 2.05) is 12.3 Å². The Labute approximate surface area is 126 Å². The van der Waals surface area contributed by atoms with Gasteiger partial charge in [0.1, 0.15) is 5.01 Å². The molecule has 6 heteroatoms. The van der Waals surface area contributed by atoms with Crippen molar-refractivity contribution >= 4 is 23.0 Å². The maximum Gasteiger partial charge on any atom is 0.245 e. The smallest absolute Gasteiger partial charge is 0.245 e. The summed E-state index contributed by atoms with van der Waals surface area (Å²) in [7, 11) is 1.40. The number of nitriles is 1. The van der Waals surface area contributed by atoms with Gasteiger partial charge in [0.25, 0.3) is 0 Å². The minimum Gasteiger partial charge on any atom is -0.358 e. The van der Waals surface area contributed by atoms with Crippen LogP contribution in [0.5, 0.6) is 0 Å². The molecule has 0 aliphatic heterocycles. The number of hydrogen-bond acceptors (Lipinski definition) is 5. The van der Waals surface area contributed by atoms with Crippen LogP contribution < -0.4 is 5.32 Å². The van der Waals surface area contributed by atoms with Gasteiger partial charge in [-0.15, -0.1) is 11.3 Å². The van der Waals surface area contributed by atoms with Crippen molar-refractivity contribution < 1.29 is 9.59 Å². The van der Waals surface area contributed by atoms with Crippen LogP contribution in [0.25, 0.3) is 10.6 Å². The van der Waals surface area contributed by atoms with Gasteiger partial charge in [-0.3, -0.25) is 9.59 Å². The normalized spacial score (nSPS) is 11.5. The Morgan fingerprint density at radius 2 is 2.00 bits per heavy atom. The van der Waals surface area contributed by atoms with E-state index in [1.165, 1.54) is 18.4 Å². The van der Waals surface area contributed by atoms with Crippen LogP contribution in [0.2, 0.25) is 0 Å². The highest BCUT2D eigenvalue weighted by Gasteiger charge is 2.26. The predicted octanol–water partition coefficient (Wildman–Crippen LogP) is 2.19. The van der Waals surface area contributed by atoms with Crippen LogP contribution in [0.4, 0.5) is 0 Å². The lowest BCUT2D eigenvalue weighted by atomic mass is 9.97. The molecule has 0 fully saturated rings. The highest BCUT2D eigenvalue weighted by Crippen LogP contribution is 2.24. The zero-order valence-corrected chi connectivity index (χ0v) is 12.4. The molecular formula is C15H13N3O2S. The number of benzene rings is 1. The van der Waals surface area contributed by atoms with Crippen LogP contribution in [0.1, 0.15) is 16.1 Å². The first-order valence-corrected chi connectivity index (χ1v) is 7.12. The molecule has 1 amide bonds. The number of Topliss-reactive ketones (excluding diaryl/α,β-unsaturated/α-hetero) is 1. The summed E-state index contributed by atoms with van der Waals surface area (Å²) < 4.78 is 0. The maximum atomic E-state index is 12.1. The molecule has 0 radical (unpaired) electrons. The number of nitrogens with one attached hydrogen (secondary N) is 1. The Kier molecular flexibility index (Phi) is 4.45. The average molecular weight is 299 g/mol. The molecular weight excluding hydrogens is 286 g/mol. The van der Waals surface area contributed by atoms with Crippen LogP contribution >= 0.6 is 11.3 Å². The van der Waals surface area contributed by atoms with Crippen LogP contribution in [0, 0.1) is 24.2 Å². The van der Waals surface area contributed by atoms with E-state index in [0.29, 0.717) is 5.56 Å². The number of carbonyl (C=O) groups excluding carboxylic acids is 2. The second-order valence-electron chi connectivity index (χ2n) is 4.41. The predicted molar refractivity (Wildman–Crippen MR) is 79.8 cm³/mol. The van der Waals surface area contributed by atoms with Gasteiger partial charge in [0.15, 0.2) is 11.7 Å². The third kappa shape index (κ3) is 3.15. The van der Waals surface area contributed by atoms with Crippen molar-refractivity contribution in [2.45, 2.75) is 6.92 Å². The number of rotatable bonds is 4. The van der Waals surface area contributed by atoms with Crippen LogP contribution in [-0.4, -0.2) is 23.7 Å². The van der Waals surface area contributed by atoms with Gasteiger partial charge in [-0.1, -0.05) is 24.3 Å². The first-order valence-electron chi connectivity index (χ1n) is 6.24. The van der Waals surface area contributed by atoms with E-state index in [-0.39, 0.29) is 0 Å². The van der Waals surface area contributed by atoms with E-state index >= 15 is 0 Å². The van der Waals surface area contributed by atoms with Gasteiger partial charge in [-0.25, -0.2) is 4.98 Å². The van der Waals surface area contributed by atoms with Gasteiger partial charge in [-0.2, -0.15) is 5.26 Å². The Balaban J connectivity index is 2.24. The van der Waals surface area contributed by atoms with Crippen molar-refractivity contribution in [2.75, 3.05) is 7.05 Å². The number of nitrogens with zero attached hydrogens (tertiary/aromatic N) is 2. The van der Waals surface area contributed by atoms with E-state index in [0.717, 1.165) is 16.3 Å². The summed E-state index contributed by atoms with van der Waals surface area (Å²) in [5, 5.41) is 14.1. The van der Waals surface area contributed by atoms with Gasteiger partial charge in [0.2, 0.25) is 5.91 Å². The fourth-order valence-electron chi connectivity index (χ4n) is 1.81. The molecule has 5 nitrogen and oxygen atoms in total. The summed E-state index contributed by atoms with van der Waals surface area (Å²) >= 11 is 1.52. The van der Waals surface area contributed by atoms with Gasteiger partial charge < -0.3 is 5.32 Å². The first-order chi connectivity index (χ1) is 10.1. The van der Waals surface area contributed by atoms with Crippen LogP contribution in [0.15, 0.2) is 29.6 Å². The van der Waals surface area contributed by atoms with Crippen molar-refractivity contribution in [1.29, 1.82) is 5.26 Å². The monoisotopic (exact) mass is 299 g/mol. The molecule has 0 saturated carbocycles. The third-order valence-corrected chi connectivity index (χ3v) is 3.94. The number of ketones is 1. The highest BCUT2D eigenvalue weighted by molar-refractivity contribution is 7.13. The molecule has 0 unspecified atom stereocenters. The Morgan fingerprint density at radius 3 is 2.48 bits per heavy atom. The summed E-state index contributed by atoms with van der Waals surface area (Å²) in [6, 6.07) is 8.49. The lowest BCUT2D eigenvalue weighted by Crippen LogP contribution is -2.32. The summed E-state index contributed by atoms with van der Waals surface area (Å²) in [5.74, 6) is -2.41. The molecule has 0 saturated heterocycles. The van der Waals surface area contributed by atoms with Crippen LogP contribution in [0.3, 0.4) is 0 Å². The van der Waals surface area contributed by atoms with Gasteiger partial charge in [-0.05, 0) is 6.92 Å². The highest BCUT2D eigenvalue weighted by atomic mass is 32.1. The third-order valence-electron chi connectivity index (χ3n) is 2.94. The van der Waals surface area contributed by atoms with E-state index in [9.17, 15) is 9.59 Å². The fourth-order valence-corrected chi connectivity index (χ4v) is 2.61. The molecule has 106 valence electrons. The minimum absolute atomic E-state index is 0.335. The molecule has 21 heavy (non-hydrogen) atoms. The zero-order chi connectivity index (χ0) is 15.4.